The third kappa shape index (κ3) is 4.64. The van der Waals surface area contributed by atoms with Gasteiger partial charge in [-0.25, -0.2) is 0 Å². The van der Waals surface area contributed by atoms with E-state index in [1.54, 1.807) is 48.5 Å². The summed E-state index contributed by atoms with van der Waals surface area (Å²) in [6, 6.07) is 12.4. The van der Waals surface area contributed by atoms with E-state index in [9.17, 15) is 13.2 Å². The normalized spacial score (nSPS) is 13.7. The van der Waals surface area contributed by atoms with Crippen molar-refractivity contribution in [1.82, 2.24) is 9.97 Å². The lowest BCUT2D eigenvalue weighted by atomic mass is 10.1. The molecule has 1 amide bonds. The van der Waals surface area contributed by atoms with Gasteiger partial charge in [0.05, 0.1) is 40.8 Å². The molecule has 32 heavy (non-hydrogen) atoms. The Morgan fingerprint density at radius 2 is 2.00 bits per heavy atom. The van der Waals surface area contributed by atoms with E-state index in [4.69, 9.17) is 16.3 Å². The summed E-state index contributed by atoms with van der Waals surface area (Å²) in [4.78, 5) is 23.6. The van der Waals surface area contributed by atoms with Gasteiger partial charge >= 0.3 is 0 Å². The van der Waals surface area contributed by atoms with Gasteiger partial charge in [0.2, 0.25) is 10.3 Å². The Morgan fingerprint density at radius 3 is 2.75 bits per heavy atom. The second-order valence-electron chi connectivity index (χ2n) is 7.03. The summed E-state index contributed by atoms with van der Waals surface area (Å²) in [6.07, 6.45) is 3.26. The molecule has 0 bridgehead atoms. The van der Waals surface area contributed by atoms with Gasteiger partial charge in [-0.05, 0) is 43.3 Å². The number of nitrogens with one attached hydrogen (secondary N) is 1. The second-order valence-corrected chi connectivity index (χ2v) is 8.36. The summed E-state index contributed by atoms with van der Waals surface area (Å²) in [6.45, 7) is 2.42. The van der Waals surface area contributed by atoms with Crippen molar-refractivity contribution in [3.05, 3.63) is 71.1 Å². The number of hydrogen-bond acceptors (Lipinski definition) is 7. The number of rotatable bonds is 4. The topological polar surface area (TPSA) is 101 Å². The van der Waals surface area contributed by atoms with Crippen molar-refractivity contribution >= 4 is 44.2 Å². The highest BCUT2D eigenvalue weighted by Gasteiger charge is 2.24. The highest BCUT2D eigenvalue weighted by molar-refractivity contribution is 7.72. The van der Waals surface area contributed by atoms with Gasteiger partial charge in [-0.15, -0.1) is 0 Å². The van der Waals surface area contributed by atoms with E-state index < -0.39 is 10.3 Å². The molecule has 1 saturated heterocycles. The smallest absolute Gasteiger partial charge is 0.259 e. The number of pyridine rings is 2. The van der Waals surface area contributed by atoms with E-state index in [1.165, 1.54) is 0 Å². The van der Waals surface area contributed by atoms with E-state index >= 15 is 0 Å². The number of aryl methyl sites for hydroxylation is 1. The highest BCUT2D eigenvalue weighted by atomic mass is 35.5. The minimum Gasteiger partial charge on any atom is -0.361 e. The molecule has 10 heteroatoms. The van der Waals surface area contributed by atoms with E-state index in [2.05, 4.69) is 15.3 Å². The molecule has 3 heterocycles. The number of amides is 1. The molecule has 0 atom stereocenters. The Bertz CT molecular complexity index is 1300. The summed E-state index contributed by atoms with van der Waals surface area (Å²) in [5.41, 5.74) is 3.40. The average Bonchev–Trinajstić information content (AvgIpc) is 2.80. The fraction of sp³-hybridized carbons (Fsp3) is 0.182. The van der Waals surface area contributed by atoms with Crippen LogP contribution in [0.5, 0.6) is 0 Å². The van der Waals surface area contributed by atoms with Gasteiger partial charge in [0, 0.05) is 30.2 Å². The highest BCUT2D eigenvalue weighted by Crippen LogP contribution is 2.30. The number of aromatic nitrogens is 2. The van der Waals surface area contributed by atoms with Gasteiger partial charge in [0.25, 0.3) is 5.91 Å². The van der Waals surface area contributed by atoms with Crippen LogP contribution >= 0.6 is 11.6 Å². The quantitative estimate of drug-likeness (QED) is 0.584. The SMILES string of the molecule is Cc1nccc(N2CCOC(=S(=O)=O)C2)c1C(=O)Nc1ccc(Cl)c(-c2ccccn2)c1. The first-order chi connectivity index (χ1) is 15.4. The maximum Gasteiger partial charge on any atom is 0.259 e. The molecule has 0 saturated carbocycles. The first-order valence-electron chi connectivity index (χ1n) is 9.75. The fourth-order valence-electron chi connectivity index (χ4n) is 3.47. The lowest BCUT2D eigenvalue weighted by Gasteiger charge is -2.30. The number of morpholine rings is 1. The first-order valence-corrected chi connectivity index (χ1v) is 11.2. The minimum atomic E-state index is -2.46. The van der Waals surface area contributed by atoms with Crippen LogP contribution in [0.1, 0.15) is 16.1 Å². The zero-order valence-electron chi connectivity index (χ0n) is 17.1. The van der Waals surface area contributed by atoms with Gasteiger partial charge in [0.1, 0.15) is 0 Å². The number of nitrogens with zero attached hydrogens (tertiary/aromatic N) is 3. The summed E-state index contributed by atoms with van der Waals surface area (Å²) in [5.74, 6) is -0.365. The lowest BCUT2D eigenvalue weighted by Crippen LogP contribution is -2.41. The van der Waals surface area contributed by atoms with Gasteiger partial charge < -0.3 is 15.0 Å². The van der Waals surface area contributed by atoms with Gasteiger partial charge in [0.15, 0.2) is 5.05 Å². The molecule has 0 radical (unpaired) electrons. The zero-order chi connectivity index (χ0) is 22.7. The van der Waals surface area contributed by atoms with Gasteiger partial charge in [-0.3, -0.25) is 14.8 Å². The maximum atomic E-state index is 13.3. The molecule has 8 nitrogen and oxygen atoms in total. The molecule has 3 aromatic rings. The van der Waals surface area contributed by atoms with E-state index in [1.807, 2.05) is 18.2 Å². The molecule has 164 valence electrons. The lowest BCUT2D eigenvalue weighted by molar-refractivity contribution is 0.102. The molecule has 1 aromatic carbocycles. The van der Waals surface area contributed by atoms with Crippen LogP contribution in [0, 0.1) is 6.92 Å². The molecule has 1 fully saturated rings. The summed E-state index contributed by atoms with van der Waals surface area (Å²) < 4.78 is 27.9. The largest absolute Gasteiger partial charge is 0.361 e. The number of benzene rings is 1. The fourth-order valence-corrected chi connectivity index (χ4v) is 4.12. The Balaban J connectivity index is 1.66. The van der Waals surface area contributed by atoms with Crippen LogP contribution < -0.4 is 10.2 Å². The van der Waals surface area contributed by atoms with E-state index in [0.717, 1.165) is 0 Å². The van der Waals surface area contributed by atoms with Crippen molar-refractivity contribution in [3.8, 4) is 11.3 Å². The van der Waals surface area contributed by atoms with Gasteiger partial charge in [-0.1, -0.05) is 17.7 Å². The van der Waals surface area contributed by atoms with Crippen LogP contribution in [0.3, 0.4) is 0 Å². The van der Waals surface area contributed by atoms with Crippen LogP contribution in [-0.2, 0) is 15.0 Å². The first kappa shape index (κ1) is 21.9. The van der Waals surface area contributed by atoms with Crippen molar-refractivity contribution in [3.63, 3.8) is 0 Å². The molecule has 0 unspecified atom stereocenters. The average molecular weight is 471 g/mol. The molecular weight excluding hydrogens is 452 g/mol. The number of carbonyl (C=O) groups is 1. The molecule has 0 spiro atoms. The number of hydrogen-bond donors (Lipinski definition) is 1. The van der Waals surface area contributed by atoms with Crippen LogP contribution in [0.25, 0.3) is 11.3 Å². The predicted octanol–water partition coefficient (Wildman–Crippen LogP) is 3.20. The maximum absolute atomic E-state index is 13.3. The minimum absolute atomic E-state index is 0.0462. The Labute approximate surface area is 191 Å². The monoisotopic (exact) mass is 470 g/mol. The van der Waals surface area contributed by atoms with Crippen LogP contribution in [-0.4, -0.2) is 49.0 Å². The Kier molecular flexibility index (Phi) is 6.50. The molecule has 2 aromatic heterocycles. The standard InChI is InChI=1S/C22H19ClN4O4S/c1-14-21(19(7-9-24-14)27-10-11-31-20(13-27)32(29)30)22(28)26-15-5-6-17(23)16(12-15)18-4-2-3-8-25-18/h2-9,12H,10-11,13H2,1H3,(H,26,28). The van der Waals surface area contributed by atoms with Crippen molar-refractivity contribution in [2.24, 2.45) is 0 Å². The third-order valence-electron chi connectivity index (χ3n) is 4.98. The summed E-state index contributed by atoms with van der Waals surface area (Å²) >= 11 is 6.34. The van der Waals surface area contributed by atoms with E-state index in [-0.39, 0.29) is 24.1 Å². The third-order valence-corrected chi connectivity index (χ3v) is 5.93. The molecule has 1 aliphatic rings. The van der Waals surface area contributed by atoms with Crippen LogP contribution in [0.15, 0.2) is 54.9 Å². The second kappa shape index (κ2) is 9.47. The molecule has 1 N–H and O–H groups in total. The molecule has 1 aliphatic heterocycles. The van der Waals surface area contributed by atoms with Gasteiger partial charge in [-0.2, -0.15) is 8.42 Å². The molecular formula is C22H19ClN4O4S. The Hall–Kier alpha value is -3.27. The summed E-state index contributed by atoms with van der Waals surface area (Å²) in [5, 5.41) is 3.35. The number of halogens is 1. The number of anilines is 2. The predicted molar refractivity (Wildman–Crippen MR) is 124 cm³/mol. The molecule has 4 rings (SSSR count). The van der Waals surface area contributed by atoms with Crippen molar-refractivity contribution in [2.45, 2.75) is 6.92 Å². The van der Waals surface area contributed by atoms with Crippen molar-refractivity contribution in [1.29, 1.82) is 0 Å². The van der Waals surface area contributed by atoms with Crippen molar-refractivity contribution < 1.29 is 17.9 Å². The number of carbonyl (C=O) groups excluding carboxylic acids is 1. The van der Waals surface area contributed by atoms with Crippen LogP contribution in [0.2, 0.25) is 5.02 Å². The number of ether oxygens (including phenoxy) is 1. The zero-order valence-corrected chi connectivity index (χ0v) is 18.7. The molecule has 0 aliphatic carbocycles. The van der Waals surface area contributed by atoms with E-state index in [0.29, 0.717) is 45.5 Å². The Morgan fingerprint density at radius 1 is 1.16 bits per heavy atom. The summed E-state index contributed by atoms with van der Waals surface area (Å²) in [7, 11) is -2.46. The van der Waals surface area contributed by atoms with Crippen LogP contribution in [0.4, 0.5) is 11.4 Å². The van der Waals surface area contributed by atoms with Crippen molar-refractivity contribution in [2.75, 3.05) is 29.9 Å².